The molecule has 2 aromatic rings. The van der Waals surface area contributed by atoms with Crippen LogP contribution < -0.4 is 0 Å². The van der Waals surface area contributed by atoms with Crippen molar-refractivity contribution in [2.24, 2.45) is 4.99 Å². The Balaban J connectivity index is 2.65. The summed E-state index contributed by atoms with van der Waals surface area (Å²) < 4.78 is 0. The molecular formula is C27H31NS. The van der Waals surface area contributed by atoms with Crippen molar-refractivity contribution in [3.05, 3.63) is 95.1 Å². The summed E-state index contributed by atoms with van der Waals surface area (Å²) in [7, 11) is 0. The third-order valence-corrected chi connectivity index (χ3v) is 5.73. The van der Waals surface area contributed by atoms with Crippen LogP contribution in [0.4, 0.5) is 0 Å². The van der Waals surface area contributed by atoms with Gasteiger partial charge in [-0.05, 0) is 59.6 Å². The summed E-state index contributed by atoms with van der Waals surface area (Å²) >= 11 is 1.80. The number of nitrogens with zero attached hydrogens (tertiary/aromatic N) is 1. The fourth-order valence-electron chi connectivity index (χ4n) is 2.99. The normalized spacial score (nSPS) is 13.0. The number of fused-ring (bicyclic) bond motifs is 1. The fraction of sp³-hybridized carbons (Fsp3) is 0.222. The summed E-state index contributed by atoms with van der Waals surface area (Å²) in [5.74, 6) is 0. The van der Waals surface area contributed by atoms with Gasteiger partial charge in [0.05, 0.1) is 5.70 Å². The van der Waals surface area contributed by atoms with Gasteiger partial charge in [0.25, 0.3) is 0 Å². The molecule has 1 nitrogen and oxygen atoms in total. The van der Waals surface area contributed by atoms with Crippen LogP contribution in [-0.4, -0.2) is 6.21 Å². The number of benzene rings is 2. The van der Waals surface area contributed by atoms with Crippen molar-refractivity contribution in [1.82, 2.24) is 0 Å². The van der Waals surface area contributed by atoms with Gasteiger partial charge in [0.1, 0.15) is 0 Å². The van der Waals surface area contributed by atoms with E-state index in [0.29, 0.717) is 0 Å². The van der Waals surface area contributed by atoms with E-state index >= 15 is 0 Å². The topological polar surface area (TPSA) is 12.4 Å². The Hall–Kier alpha value is -2.58. The van der Waals surface area contributed by atoms with Gasteiger partial charge in [-0.3, -0.25) is 4.99 Å². The molecule has 0 aliphatic carbocycles. The van der Waals surface area contributed by atoms with E-state index in [-0.39, 0.29) is 0 Å². The molecule has 0 N–H and O–H groups in total. The number of allylic oxidation sites excluding steroid dienone is 5. The molecule has 0 saturated carbocycles. The molecule has 0 fully saturated rings. The molecule has 0 unspecified atom stereocenters. The first-order chi connectivity index (χ1) is 14.0. The van der Waals surface area contributed by atoms with Crippen LogP contribution in [0, 0.1) is 0 Å². The summed E-state index contributed by atoms with van der Waals surface area (Å²) in [6.07, 6.45) is 14.4. The molecule has 0 amide bonds. The summed E-state index contributed by atoms with van der Waals surface area (Å²) in [4.78, 5) is 7.18. The average Bonchev–Trinajstić information content (AvgIpc) is 2.74. The van der Waals surface area contributed by atoms with E-state index in [4.69, 9.17) is 0 Å². The zero-order chi connectivity index (χ0) is 21.2. The Morgan fingerprint density at radius 3 is 2.48 bits per heavy atom. The van der Waals surface area contributed by atoms with Gasteiger partial charge in [-0.2, -0.15) is 0 Å². The van der Waals surface area contributed by atoms with Crippen molar-refractivity contribution >= 4 is 34.8 Å². The lowest BCUT2D eigenvalue weighted by molar-refractivity contribution is 1.19. The van der Waals surface area contributed by atoms with E-state index in [1.807, 2.05) is 12.3 Å². The monoisotopic (exact) mass is 401 g/mol. The fourth-order valence-corrected chi connectivity index (χ4v) is 3.93. The number of hydrogen-bond donors (Lipinski definition) is 0. The van der Waals surface area contributed by atoms with Crippen LogP contribution in [0.2, 0.25) is 0 Å². The van der Waals surface area contributed by atoms with Gasteiger partial charge < -0.3 is 0 Å². The average molecular weight is 402 g/mol. The maximum absolute atomic E-state index is 4.67. The van der Waals surface area contributed by atoms with Crippen molar-refractivity contribution in [3.8, 4) is 0 Å². The van der Waals surface area contributed by atoms with Crippen LogP contribution >= 0.6 is 11.8 Å². The van der Waals surface area contributed by atoms with Crippen LogP contribution in [0.3, 0.4) is 0 Å². The maximum atomic E-state index is 4.67. The minimum Gasteiger partial charge on any atom is -0.256 e. The Morgan fingerprint density at radius 1 is 1.14 bits per heavy atom. The Kier molecular flexibility index (Phi) is 8.95. The second-order valence-electron chi connectivity index (χ2n) is 6.71. The molecule has 0 aliphatic heterocycles. The van der Waals surface area contributed by atoms with Gasteiger partial charge >= 0.3 is 0 Å². The van der Waals surface area contributed by atoms with Crippen molar-refractivity contribution < 1.29 is 0 Å². The molecule has 0 spiro atoms. The first kappa shape index (κ1) is 22.7. The molecular weight excluding hydrogens is 370 g/mol. The molecule has 0 radical (unpaired) electrons. The first-order valence-corrected chi connectivity index (χ1v) is 11.0. The molecule has 2 aromatic carbocycles. The number of aliphatic imine (C=N–C) groups is 1. The van der Waals surface area contributed by atoms with Gasteiger partial charge in [-0.15, -0.1) is 0 Å². The molecule has 29 heavy (non-hydrogen) atoms. The molecule has 2 heteroatoms. The van der Waals surface area contributed by atoms with Crippen LogP contribution in [0.5, 0.6) is 0 Å². The van der Waals surface area contributed by atoms with Gasteiger partial charge in [-0.1, -0.05) is 93.4 Å². The quantitative estimate of drug-likeness (QED) is 0.232. The summed E-state index contributed by atoms with van der Waals surface area (Å²) in [5, 5.41) is 2.44. The second kappa shape index (κ2) is 11.4. The van der Waals surface area contributed by atoms with Crippen LogP contribution in [0.15, 0.2) is 93.9 Å². The zero-order valence-corrected chi connectivity index (χ0v) is 18.9. The van der Waals surface area contributed by atoms with E-state index in [1.165, 1.54) is 26.1 Å². The molecule has 0 heterocycles. The number of thioether (sulfide) groups is 1. The highest BCUT2D eigenvalue weighted by atomic mass is 32.2. The minimum absolute atomic E-state index is 0.736. The van der Waals surface area contributed by atoms with Crippen molar-refractivity contribution in [3.63, 3.8) is 0 Å². The zero-order valence-electron chi connectivity index (χ0n) is 18.0. The van der Waals surface area contributed by atoms with Crippen LogP contribution in [-0.2, 0) is 0 Å². The summed E-state index contributed by atoms with van der Waals surface area (Å²) in [6, 6.07) is 10.8. The van der Waals surface area contributed by atoms with E-state index in [9.17, 15) is 0 Å². The van der Waals surface area contributed by atoms with Gasteiger partial charge in [-0.25, -0.2) is 0 Å². The Labute approximate surface area is 180 Å². The van der Waals surface area contributed by atoms with Gasteiger partial charge in [0, 0.05) is 16.7 Å². The lowest BCUT2D eigenvalue weighted by Crippen LogP contribution is -1.92. The molecule has 2 rings (SSSR count). The molecule has 0 atom stereocenters. The van der Waals surface area contributed by atoms with E-state index < -0.39 is 0 Å². The van der Waals surface area contributed by atoms with Crippen LogP contribution in [0.25, 0.3) is 16.8 Å². The molecule has 150 valence electrons. The molecule has 0 saturated heterocycles. The van der Waals surface area contributed by atoms with Crippen molar-refractivity contribution in [2.45, 2.75) is 45.4 Å². The van der Waals surface area contributed by atoms with E-state index in [0.717, 1.165) is 29.7 Å². The van der Waals surface area contributed by atoms with Crippen molar-refractivity contribution in [1.29, 1.82) is 0 Å². The highest BCUT2D eigenvalue weighted by Gasteiger charge is 2.11. The maximum Gasteiger partial charge on any atom is 0.0627 e. The van der Waals surface area contributed by atoms with Gasteiger partial charge in [0.15, 0.2) is 0 Å². The highest BCUT2D eigenvalue weighted by molar-refractivity contribution is 8.03. The SMILES string of the molecule is C=C/C(=C\CC)C(=C)/N=C/c1cc(S/C(C)=C/C)c(/C=C/CC)c2ccccc12. The smallest absolute Gasteiger partial charge is 0.0627 e. The standard InChI is InChI=1S/C27H31NS/c1-7-11-15-26-25-17-13-12-16-24(25)23(18-27(26)29-20(5)9-3)19-28-21(6)22(10-4)14-8-2/h9-19H,4,6-8H2,1-3,5H3/b15-11+,20-9+,22-14+,28-19+. The van der Waals surface area contributed by atoms with Crippen LogP contribution in [0.1, 0.15) is 51.7 Å². The third kappa shape index (κ3) is 5.95. The van der Waals surface area contributed by atoms with E-state index in [2.05, 4.69) is 100 Å². The third-order valence-electron chi connectivity index (χ3n) is 4.61. The Morgan fingerprint density at radius 2 is 1.86 bits per heavy atom. The second-order valence-corrected chi connectivity index (χ2v) is 8.00. The lowest BCUT2D eigenvalue weighted by atomic mass is 9.99. The predicted molar refractivity (Wildman–Crippen MR) is 134 cm³/mol. The van der Waals surface area contributed by atoms with Gasteiger partial charge in [0.2, 0.25) is 0 Å². The minimum atomic E-state index is 0.736. The Bertz CT molecular complexity index is 1000. The number of hydrogen-bond acceptors (Lipinski definition) is 2. The van der Waals surface area contributed by atoms with E-state index in [1.54, 1.807) is 11.8 Å². The highest BCUT2D eigenvalue weighted by Crippen LogP contribution is 2.36. The molecule has 0 bridgehead atoms. The predicted octanol–water partition coefficient (Wildman–Crippen LogP) is 8.73. The number of rotatable bonds is 9. The summed E-state index contributed by atoms with van der Waals surface area (Å²) in [6.45, 7) is 16.5. The van der Waals surface area contributed by atoms with Crippen molar-refractivity contribution in [2.75, 3.05) is 0 Å². The largest absolute Gasteiger partial charge is 0.256 e. The molecule has 0 aliphatic rings. The lowest BCUT2D eigenvalue weighted by Gasteiger charge is -2.13. The summed E-state index contributed by atoms with van der Waals surface area (Å²) in [5.41, 5.74) is 4.08. The molecule has 0 aromatic heterocycles. The first-order valence-electron chi connectivity index (χ1n) is 10.1.